The number of ether oxygens (including phenoxy) is 1. The highest BCUT2D eigenvalue weighted by molar-refractivity contribution is 7.84. The first kappa shape index (κ1) is 22.6. The van der Waals surface area contributed by atoms with Crippen molar-refractivity contribution in [2.45, 2.75) is 58.4 Å². The summed E-state index contributed by atoms with van der Waals surface area (Å²) in [5.74, 6) is -0.313. The van der Waals surface area contributed by atoms with E-state index in [-0.39, 0.29) is 11.9 Å². The molecular formula is C20H32FN3O3S. The van der Waals surface area contributed by atoms with Gasteiger partial charge < -0.3 is 14.5 Å². The molecule has 1 amide bonds. The number of halogens is 1. The molecule has 1 aromatic carbocycles. The second-order valence-corrected chi connectivity index (χ2v) is 11.0. The minimum atomic E-state index is -1.24. The van der Waals surface area contributed by atoms with Crippen LogP contribution in [-0.4, -0.2) is 51.7 Å². The molecule has 1 aliphatic heterocycles. The maximum absolute atomic E-state index is 14.6. The Labute approximate surface area is 170 Å². The number of benzene rings is 1. The van der Waals surface area contributed by atoms with Crippen molar-refractivity contribution in [3.8, 4) is 0 Å². The molecule has 1 fully saturated rings. The molecule has 0 spiro atoms. The molecule has 0 saturated carbocycles. The predicted octanol–water partition coefficient (Wildman–Crippen LogP) is 3.43. The van der Waals surface area contributed by atoms with Crippen molar-refractivity contribution >= 4 is 22.8 Å². The molecule has 0 bridgehead atoms. The number of carbonyl (C=O) groups excluding carboxylic acids is 1. The van der Waals surface area contributed by atoms with Crippen LogP contribution in [-0.2, 0) is 22.3 Å². The fraction of sp³-hybridized carbons (Fsp3) is 0.650. The van der Waals surface area contributed by atoms with Crippen LogP contribution in [0.2, 0.25) is 0 Å². The number of anilines is 1. The third-order valence-electron chi connectivity index (χ3n) is 4.27. The summed E-state index contributed by atoms with van der Waals surface area (Å²) in [5, 5.41) is 0. The molecule has 28 heavy (non-hydrogen) atoms. The van der Waals surface area contributed by atoms with E-state index >= 15 is 0 Å². The van der Waals surface area contributed by atoms with E-state index in [1.165, 1.54) is 6.07 Å². The van der Waals surface area contributed by atoms with Crippen molar-refractivity contribution in [2.24, 2.45) is 0 Å². The highest BCUT2D eigenvalue weighted by Gasteiger charge is 2.28. The van der Waals surface area contributed by atoms with Gasteiger partial charge in [0.15, 0.2) is 0 Å². The van der Waals surface area contributed by atoms with Gasteiger partial charge >= 0.3 is 6.09 Å². The van der Waals surface area contributed by atoms with E-state index in [0.717, 1.165) is 5.56 Å². The van der Waals surface area contributed by atoms with Gasteiger partial charge in [-0.2, -0.15) is 0 Å². The predicted molar refractivity (Wildman–Crippen MR) is 111 cm³/mol. The summed E-state index contributed by atoms with van der Waals surface area (Å²) in [4.78, 5) is 15.8. The van der Waals surface area contributed by atoms with E-state index in [0.29, 0.717) is 38.4 Å². The van der Waals surface area contributed by atoms with Crippen LogP contribution in [0.4, 0.5) is 14.9 Å². The van der Waals surface area contributed by atoms with Gasteiger partial charge in [0.1, 0.15) is 11.4 Å². The molecule has 8 heteroatoms. The summed E-state index contributed by atoms with van der Waals surface area (Å²) in [6.45, 7) is 13.4. The average molecular weight is 414 g/mol. The van der Waals surface area contributed by atoms with Crippen molar-refractivity contribution in [3.05, 3.63) is 29.6 Å². The monoisotopic (exact) mass is 413 g/mol. The molecule has 0 aliphatic carbocycles. The number of amides is 1. The summed E-state index contributed by atoms with van der Waals surface area (Å²) in [6, 6.07) is 4.93. The van der Waals surface area contributed by atoms with Gasteiger partial charge in [-0.15, -0.1) is 0 Å². The zero-order chi connectivity index (χ0) is 21.1. The van der Waals surface area contributed by atoms with E-state index in [1.54, 1.807) is 11.0 Å². The smallest absolute Gasteiger partial charge is 0.410 e. The molecule has 0 radical (unpaired) electrons. The molecule has 1 aliphatic rings. The Kier molecular flexibility index (Phi) is 7.09. The van der Waals surface area contributed by atoms with Gasteiger partial charge in [0.05, 0.1) is 21.4 Å². The number of nitrogens with zero attached hydrogens (tertiary/aromatic N) is 2. The van der Waals surface area contributed by atoms with E-state index in [9.17, 15) is 13.4 Å². The van der Waals surface area contributed by atoms with Gasteiger partial charge in [-0.1, -0.05) is 12.1 Å². The van der Waals surface area contributed by atoms with Crippen molar-refractivity contribution in [1.29, 1.82) is 0 Å². The highest BCUT2D eigenvalue weighted by Crippen LogP contribution is 2.26. The lowest BCUT2D eigenvalue weighted by molar-refractivity contribution is 0.0240. The van der Waals surface area contributed by atoms with Crippen LogP contribution in [0.25, 0.3) is 0 Å². The van der Waals surface area contributed by atoms with Crippen LogP contribution in [0.5, 0.6) is 0 Å². The minimum absolute atomic E-state index is 0.309. The Bertz CT molecular complexity index is 720. The quantitative estimate of drug-likeness (QED) is 0.821. The van der Waals surface area contributed by atoms with E-state index in [2.05, 4.69) is 4.72 Å². The maximum atomic E-state index is 14.6. The van der Waals surface area contributed by atoms with Crippen LogP contribution in [0, 0.1) is 5.82 Å². The number of hydrogen-bond donors (Lipinski definition) is 1. The van der Waals surface area contributed by atoms with Crippen molar-refractivity contribution in [1.82, 2.24) is 9.62 Å². The molecule has 1 heterocycles. The molecule has 1 atom stereocenters. The Morgan fingerprint density at radius 3 is 2.29 bits per heavy atom. The van der Waals surface area contributed by atoms with Crippen LogP contribution < -0.4 is 9.62 Å². The molecule has 158 valence electrons. The number of carbonyl (C=O) groups is 1. The van der Waals surface area contributed by atoms with Gasteiger partial charge in [0.2, 0.25) is 0 Å². The zero-order valence-electron chi connectivity index (χ0n) is 17.7. The number of rotatable bonds is 4. The third kappa shape index (κ3) is 6.17. The van der Waals surface area contributed by atoms with E-state index < -0.39 is 21.3 Å². The topological polar surface area (TPSA) is 61.9 Å². The molecule has 0 unspecified atom stereocenters. The Hall–Kier alpha value is -1.67. The van der Waals surface area contributed by atoms with E-state index in [4.69, 9.17) is 4.74 Å². The second kappa shape index (κ2) is 8.78. The third-order valence-corrected chi connectivity index (χ3v) is 5.79. The first-order valence-corrected chi connectivity index (χ1v) is 10.7. The maximum Gasteiger partial charge on any atom is 0.410 e. The summed E-state index contributed by atoms with van der Waals surface area (Å²) in [6.07, 6.45) is -0.344. The number of hydrogen-bond acceptors (Lipinski definition) is 4. The van der Waals surface area contributed by atoms with Gasteiger partial charge in [-0.05, 0) is 53.2 Å². The van der Waals surface area contributed by atoms with Crippen molar-refractivity contribution in [3.63, 3.8) is 0 Å². The number of para-hydroxylation sites is 1. The molecular weight excluding hydrogens is 381 g/mol. The fourth-order valence-electron chi connectivity index (χ4n) is 2.86. The normalized spacial score (nSPS) is 16.8. The lowest BCUT2D eigenvalue weighted by Crippen LogP contribution is -2.50. The van der Waals surface area contributed by atoms with Crippen molar-refractivity contribution < 1.29 is 18.1 Å². The molecule has 6 nitrogen and oxygen atoms in total. The molecule has 0 aromatic heterocycles. The molecule has 1 aromatic rings. The lowest BCUT2D eigenvalue weighted by Gasteiger charge is -2.37. The van der Waals surface area contributed by atoms with Crippen LogP contribution in [0.15, 0.2) is 18.2 Å². The molecule has 1 saturated heterocycles. The second-order valence-electron chi connectivity index (χ2n) is 8.90. The molecule has 1 N–H and O–H groups in total. The van der Waals surface area contributed by atoms with Gasteiger partial charge in [-0.25, -0.2) is 18.1 Å². The Morgan fingerprint density at radius 1 is 1.14 bits per heavy atom. The average Bonchev–Trinajstić information content (AvgIpc) is 2.57. The highest BCUT2D eigenvalue weighted by atomic mass is 32.2. The molecule has 2 rings (SSSR count). The van der Waals surface area contributed by atoms with E-state index in [1.807, 2.05) is 52.5 Å². The van der Waals surface area contributed by atoms with Crippen molar-refractivity contribution in [2.75, 3.05) is 31.1 Å². The van der Waals surface area contributed by atoms with Crippen LogP contribution >= 0.6 is 0 Å². The fourth-order valence-corrected chi connectivity index (χ4v) is 3.58. The summed E-state index contributed by atoms with van der Waals surface area (Å²) < 4.78 is 34.9. The Balaban J connectivity index is 2.06. The summed E-state index contributed by atoms with van der Waals surface area (Å²) in [5.41, 5.74) is 0.717. The first-order chi connectivity index (χ1) is 12.9. The summed E-state index contributed by atoms with van der Waals surface area (Å²) in [7, 11) is -1.24. The minimum Gasteiger partial charge on any atom is -0.444 e. The number of nitrogens with one attached hydrogen (secondary N) is 1. The Morgan fingerprint density at radius 2 is 1.75 bits per heavy atom. The lowest BCUT2D eigenvalue weighted by atomic mass is 10.1. The summed E-state index contributed by atoms with van der Waals surface area (Å²) >= 11 is 0. The van der Waals surface area contributed by atoms with Crippen LogP contribution in [0.3, 0.4) is 0 Å². The zero-order valence-corrected chi connectivity index (χ0v) is 18.5. The standard InChI is InChI=1S/C20H32FN3O3S/c1-19(2,3)27-18(25)24-12-10-23(11-13-24)17-15(8-7-9-16(17)21)14-22-28(26)20(4,5)6/h7-9,22H,10-14H2,1-6H3/t28-/m1/s1. The number of piperazine rings is 1. The SMILES string of the molecule is CC(C)(C)OC(=O)N1CCN(c2c(F)cccc2CN[S@](=O)C(C)(C)C)CC1. The first-order valence-electron chi connectivity index (χ1n) is 9.54. The largest absolute Gasteiger partial charge is 0.444 e. The van der Waals surface area contributed by atoms with Crippen LogP contribution in [0.1, 0.15) is 47.1 Å². The van der Waals surface area contributed by atoms with Gasteiger partial charge in [0, 0.05) is 32.7 Å². The van der Waals surface area contributed by atoms with Gasteiger partial charge in [0.25, 0.3) is 0 Å². The van der Waals surface area contributed by atoms with Gasteiger partial charge in [-0.3, -0.25) is 0 Å².